The van der Waals surface area contributed by atoms with Gasteiger partial charge in [0.05, 0.1) is 0 Å². The molecule has 3 aromatic rings. The summed E-state index contributed by atoms with van der Waals surface area (Å²) >= 11 is 8.82. The number of aryl methyl sites for hydroxylation is 1. The zero-order valence-electron chi connectivity index (χ0n) is 14.4. The first-order chi connectivity index (χ1) is 12.4. The van der Waals surface area contributed by atoms with Gasteiger partial charge in [-0.05, 0) is 25.5 Å². The average molecular weight is 408 g/mol. The van der Waals surface area contributed by atoms with E-state index in [4.69, 9.17) is 11.6 Å². The highest BCUT2D eigenvalue weighted by molar-refractivity contribution is 7.15. The quantitative estimate of drug-likeness (QED) is 0.664. The summed E-state index contributed by atoms with van der Waals surface area (Å²) in [6.45, 7) is 4.18. The normalized spacial score (nSPS) is 10.9. The van der Waals surface area contributed by atoms with Crippen LogP contribution in [-0.4, -0.2) is 15.5 Å². The van der Waals surface area contributed by atoms with Gasteiger partial charge in [0.25, 0.3) is 0 Å². The minimum absolute atomic E-state index is 0.0240. The predicted molar refractivity (Wildman–Crippen MR) is 108 cm³/mol. The van der Waals surface area contributed by atoms with E-state index in [2.05, 4.69) is 10.3 Å². The summed E-state index contributed by atoms with van der Waals surface area (Å²) < 4.78 is 1.64. The lowest BCUT2D eigenvalue weighted by atomic mass is 10.1. The van der Waals surface area contributed by atoms with Crippen LogP contribution >= 0.6 is 34.3 Å². The van der Waals surface area contributed by atoms with Gasteiger partial charge < -0.3 is 9.88 Å². The van der Waals surface area contributed by atoms with E-state index in [1.165, 1.54) is 22.7 Å². The number of nitrogens with one attached hydrogen (secondary N) is 1. The second kappa shape index (κ2) is 8.16. The Labute approximate surface area is 164 Å². The van der Waals surface area contributed by atoms with Crippen LogP contribution in [-0.2, 0) is 17.8 Å². The van der Waals surface area contributed by atoms with Gasteiger partial charge >= 0.3 is 4.87 Å². The van der Waals surface area contributed by atoms with Gasteiger partial charge in [-0.25, -0.2) is 4.98 Å². The number of benzene rings is 1. The van der Waals surface area contributed by atoms with Gasteiger partial charge in [-0.3, -0.25) is 9.59 Å². The van der Waals surface area contributed by atoms with Crippen LogP contribution in [0, 0.1) is 13.8 Å². The zero-order valence-corrected chi connectivity index (χ0v) is 16.8. The van der Waals surface area contributed by atoms with Crippen molar-refractivity contribution in [2.75, 3.05) is 5.32 Å². The van der Waals surface area contributed by atoms with Crippen LogP contribution in [0.15, 0.2) is 35.3 Å². The molecule has 1 amide bonds. The summed E-state index contributed by atoms with van der Waals surface area (Å²) in [5.41, 5.74) is 1.95. The van der Waals surface area contributed by atoms with Crippen molar-refractivity contribution in [3.05, 3.63) is 66.2 Å². The molecule has 0 bridgehead atoms. The third-order valence-electron chi connectivity index (χ3n) is 4.06. The van der Waals surface area contributed by atoms with Crippen molar-refractivity contribution in [1.29, 1.82) is 0 Å². The molecule has 2 heterocycles. The lowest BCUT2D eigenvalue weighted by Crippen LogP contribution is -2.20. The lowest BCUT2D eigenvalue weighted by molar-refractivity contribution is -0.116. The Morgan fingerprint density at radius 1 is 1.27 bits per heavy atom. The summed E-state index contributed by atoms with van der Waals surface area (Å²) in [5, 5.41) is 4.08. The molecule has 0 radical (unpaired) electrons. The number of thiazole rings is 2. The standard InChI is InChI=1S/C18H18ClN3O2S2/c1-11-12(2)25-18(24)22(11)8-7-16(23)21-17-20-10-14(26-17)9-13-5-3-4-6-15(13)19/h3-6,10H,7-9H2,1-2H3,(H,20,21,23). The van der Waals surface area contributed by atoms with E-state index >= 15 is 0 Å². The Kier molecular flexibility index (Phi) is 5.90. The van der Waals surface area contributed by atoms with Crippen molar-refractivity contribution in [2.45, 2.75) is 33.2 Å². The molecule has 0 aliphatic carbocycles. The maximum atomic E-state index is 12.2. The number of aromatic nitrogens is 2. The van der Waals surface area contributed by atoms with Gasteiger partial charge in [0.2, 0.25) is 5.91 Å². The SMILES string of the molecule is Cc1sc(=O)n(CCC(=O)Nc2ncc(Cc3ccccc3Cl)s2)c1C. The minimum atomic E-state index is -0.154. The maximum absolute atomic E-state index is 12.2. The van der Waals surface area contributed by atoms with Crippen LogP contribution in [0.3, 0.4) is 0 Å². The molecular formula is C18H18ClN3O2S2. The lowest BCUT2D eigenvalue weighted by Gasteiger charge is -2.05. The number of halogens is 1. The Balaban J connectivity index is 1.58. The van der Waals surface area contributed by atoms with Crippen LogP contribution in [0.5, 0.6) is 0 Å². The number of carbonyl (C=O) groups excluding carboxylic acids is 1. The number of nitrogens with zero attached hydrogens (tertiary/aromatic N) is 2. The van der Waals surface area contributed by atoms with Gasteiger partial charge in [0.15, 0.2) is 5.13 Å². The summed E-state index contributed by atoms with van der Waals surface area (Å²) in [6, 6.07) is 7.67. The second-order valence-corrected chi connectivity index (χ2v) is 8.55. The van der Waals surface area contributed by atoms with E-state index in [9.17, 15) is 9.59 Å². The molecule has 0 spiro atoms. The summed E-state index contributed by atoms with van der Waals surface area (Å²) in [5.74, 6) is -0.154. The largest absolute Gasteiger partial charge is 0.307 e. The van der Waals surface area contributed by atoms with Crippen molar-refractivity contribution >= 4 is 45.3 Å². The van der Waals surface area contributed by atoms with E-state index in [0.717, 1.165) is 26.0 Å². The number of carbonyl (C=O) groups is 1. The molecule has 0 saturated heterocycles. The number of anilines is 1. The number of amides is 1. The molecule has 0 unspecified atom stereocenters. The predicted octanol–water partition coefficient (Wildman–Crippen LogP) is 4.26. The van der Waals surface area contributed by atoms with Crippen molar-refractivity contribution < 1.29 is 4.79 Å². The Hall–Kier alpha value is -1.96. The van der Waals surface area contributed by atoms with Crippen molar-refractivity contribution in [3.63, 3.8) is 0 Å². The van der Waals surface area contributed by atoms with Gasteiger partial charge in [0.1, 0.15) is 0 Å². The van der Waals surface area contributed by atoms with Gasteiger partial charge in [-0.15, -0.1) is 11.3 Å². The zero-order chi connectivity index (χ0) is 18.7. The highest BCUT2D eigenvalue weighted by atomic mass is 35.5. The molecule has 26 heavy (non-hydrogen) atoms. The molecule has 0 aliphatic heterocycles. The molecular weight excluding hydrogens is 390 g/mol. The minimum Gasteiger partial charge on any atom is -0.303 e. The van der Waals surface area contributed by atoms with Crippen LogP contribution in [0.4, 0.5) is 5.13 Å². The molecule has 8 heteroatoms. The number of hydrogen-bond acceptors (Lipinski definition) is 5. The molecule has 1 aromatic carbocycles. The fourth-order valence-electron chi connectivity index (χ4n) is 2.52. The Morgan fingerprint density at radius 3 is 2.73 bits per heavy atom. The van der Waals surface area contributed by atoms with E-state index in [1.54, 1.807) is 10.8 Å². The van der Waals surface area contributed by atoms with Crippen LogP contribution in [0.25, 0.3) is 0 Å². The molecule has 0 aliphatic rings. The summed E-state index contributed by atoms with van der Waals surface area (Å²) in [6.07, 6.45) is 2.66. The average Bonchev–Trinajstić information content (AvgIpc) is 3.13. The first-order valence-electron chi connectivity index (χ1n) is 8.09. The highest BCUT2D eigenvalue weighted by Gasteiger charge is 2.11. The van der Waals surface area contributed by atoms with Gasteiger partial charge in [-0.2, -0.15) is 0 Å². The van der Waals surface area contributed by atoms with Crippen molar-refractivity contribution in [2.24, 2.45) is 0 Å². The van der Waals surface area contributed by atoms with E-state index in [1.807, 2.05) is 38.1 Å². The molecule has 3 rings (SSSR count). The van der Waals surface area contributed by atoms with Gasteiger partial charge in [-0.1, -0.05) is 41.1 Å². The van der Waals surface area contributed by atoms with Crippen molar-refractivity contribution in [3.8, 4) is 0 Å². The highest BCUT2D eigenvalue weighted by Crippen LogP contribution is 2.24. The molecule has 1 N–H and O–H groups in total. The smallest absolute Gasteiger partial charge is 0.303 e. The first kappa shape index (κ1) is 18.8. The van der Waals surface area contributed by atoms with E-state index in [0.29, 0.717) is 18.1 Å². The van der Waals surface area contributed by atoms with Gasteiger partial charge in [0, 0.05) is 46.1 Å². The Bertz CT molecular complexity index is 990. The van der Waals surface area contributed by atoms with Crippen LogP contribution in [0.2, 0.25) is 5.02 Å². The topological polar surface area (TPSA) is 64.0 Å². The number of rotatable bonds is 6. The van der Waals surface area contributed by atoms with Crippen LogP contribution < -0.4 is 10.2 Å². The molecule has 2 aromatic heterocycles. The summed E-state index contributed by atoms with van der Waals surface area (Å²) in [7, 11) is 0. The molecule has 136 valence electrons. The third kappa shape index (κ3) is 4.41. The Morgan fingerprint density at radius 2 is 2.04 bits per heavy atom. The molecule has 0 saturated carbocycles. The summed E-state index contributed by atoms with van der Waals surface area (Å²) in [4.78, 5) is 30.3. The van der Waals surface area contributed by atoms with Crippen LogP contribution in [0.1, 0.15) is 27.4 Å². The third-order valence-corrected chi connectivity index (χ3v) is 6.34. The molecule has 0 atom stereocenters. The fourth-order valence-corrected chi connectivity index (χ4v) is 4.43. The van der Waals surface area contributed by atoms with E-state index < -0.39 is 0 Å². The first-order valence-corrected chi connectivity index (χ1v) is 10.1. The fraction of sp³-hybridized carbons (Fsp3) is 0.278. The second-order valence-electron chi connectivity index (χ2n) is 5.86. The monoisotopic (exact) mass is 407 g/mol. The number of hydrogen-bond donors (Lipinski definition) is 1. The van der Waals surface area contributed by atoms with Crippen molar-refractivity contribution in [1.82, 2.24) is 9.55 Å². The van der Waals surface area contributed by atoms with E-state index in [-0.39, 0.29) is 17.2 Å². The maximum Gasteiger partial charge on any atom is 0.307 e. The molecule has 0 fully saturated rings. The molecule has 5 nitrogen and oxygen atoms in total.